The second-order valence-corrected chi connectivity index (χ2v) is 8.91. The third-order valence-corrected chi connectivity index (χ3v) is 5.18. The van der Waals surface area contributed by atoms with Crippen molar-refractivity contribution in [1.29, 1.82) is 0 Å². The molecule has 0 amide bonds. The van der Waals surface area contributed by atoms with E-state index < -0.39 is 9.84 Å². The van der Waals surface area contributed by atoms with E-state index in [0.717, 1.165) is 38.6 Å². The van der Waals surface area contributed by atoms with E-state index in [0.29, 0.717) is 11.5 Å². The molecular weight excluding hydrogens is 234 g/mol. The molecule has 17 heavy (non-hydrogen) atoms. The van der Waals surface area contributed by atoms with Gasteiger partial charge in [0.1, 0.15) is 9.84 Å². The standard InChI is InChI=1S/C13H27NO2S/c1-13(2,3)8-9-14-11-6-5-7-12(10-11)17(4,15)16/h11-12,14H,5-10H2,1-4H3. The van der Waals surface area contributed by atoms with Crippen LogP contribution < -0.4 is 5.32 Å². The molecule has 1 aliphatic carbocycles. The van der Waals surface area contributed by atoms with Crippen molar-refractivity contribution in [3.63, 3.8) is 0 Å². The van der Waals surface area contributed by atoms with Crippen LogP contribution in [0.25, 0.3) is 0 Å². The zero-order valence-electron chi connectivity index (χ0n) is 11.6. The fourth-order valence-electron chi connectivity index (χ4n) is 2.37. The Balaban J connectivity index is 2.36. The summed E-state index contributed by atoms with van der Waals surface area (Å²) in [5.41, 5.74) is 0.345. The maximum Gasteiger partial charge on any atom is 0.150 e. The van der Waals surface area contributed by atoms with Crippen LogP contribution in [-0.2, 0) is 9.84 Å². The van der Waals surface area contributed by atoms with Gasteiger partial charge in [0.05, 0.1) is 5.25 Å². The van der Waals surface area contributed by atoms with Crippen LogP contribution in [0.1, 0.15) is 52.9 Å². The first kappa shape index (κ1) is 15.0. The summed E-state index contributed by atoms with van der Waals surface area (Å²) in [5.74, 6) is 0. The van der Waals surface area contributed by atoms with E-state index in [4.69, 9.17) is 0 Å². The molecule has 1 N–H and O–H groups in total. The third kappa shape index (κ3) is 5.87. The lowest BCUT2D eigenvalue weighted by Crippen LogP contribution is -2.39. The fraction of sp³-hybridized carbons (Fsp3) is 1.00. The van der Waals surface area contributed by atoms with Crippen LogP contribution in [0.5, 0.6) is 0 Å². The first-order valence-corrected chi connectivity index (χ1v) is 8.56. The molecule has 1 aliphatic rings. The van der Waals surface area contributed by atoms with Crippen molar-refractivity contribution in [1.82, 2.24) is 5.32 Å². The minimum Gasteiger partial charge on any atom is -0.314 e. The average molecular weight is 261 g/mol. The monoisotopic (exact) mass is 261 g/mol. The number of hydrogen-bond donors (Lipinski definition) is 1. The highest BCUT2D eigenvalue weighted by Gasteiger charge is 2.28. The van der Waals surface area contributed by atoms with Gasteiger partial charge in [-0.3, -0.25) is 0 Å². The molecule has 0 radical (unpaired) electrons. The molecule has 0 bridgehead atoms. The first-order chi connectivity index (χ1) is 7.68. The molecule has 3 nitrogen and oxygen atoms in total. The predicted octanol–water partition coefficient (Wildman–Crippen LogP) is 2.37. The molecular formula is C13H27NO2S. The second-order valence-electron chi connectivity index (χ2n) is 6.58. The van der Waals surface area contributed by atoms with Gasteiger partial charge >= 0.3 is 0 Å². The molecule has 0 spiro atoms. The van der Waals surface area contributed by atoms with Crippen molar-refractivity contribution in [3.8, 4) is 0 Å². The highest BCUT2D eigenvalue weighted by Crippen LogP contribution is 2.24. The lowest BCUT2D eigenvalue weighted by atomic mass is 9.91. The SMILES string of the molecule is CC(C)(C)CCNC1CCCC(S(C)(=O)=O)C1. The summed E-state index contributed by atoms with van der Waals surface area (Å²) in [5, 5.41) is 3.39. The number of hydrogen-bond acceptors (Lipinski definition) is 3. The van der Waals surface area contributed by atoms with E-state index in [-0.39, 0.29) is 5.25 Å². The average Bonchev–Trinajstić information content (AvgIpc) is 2.15. The minimum absolute atomic E-state index is 0.122. The van der Waals surface area contributed by atoms with Crippen LogP contribution in [0, 0.1) is 5.41 Å². The zero-order valence-corrected chi connectivity index (χ0v) is 12.4. The highest BCUT2D eigenvalue weighted by atomic mass is 32.2. The van der Waals surface area contributed by atoms with E-state index in [9.17, 15) is 8.42 Å². The van der Waals surface area contributed by atoms with Crippen molar-refractivity contribution in [2.75, 3.05) is 12.8 Å². The van der Waals surface area contributed by atoms with Crippen molar-refractivity contribution in [2.45, 2.75) is 64.2 Å². The second kappa shape index (κ2) is 5.70. The maximum atomic E-state index is 11.5. The molecule has 1 fully saturated rings. The van der Waals surface area contributed by atoms with Gasteiger partial charge < -0.3 is 5.32 Å². The van der Waals surface area contributed by atoms with E-state index in [2.05, 4.69) is 26.1 Å². The van der Waals surface area contributed by atoms with Crippen molar-refractivity contribution in [3.05, 3.63) is 0 Å². The Kier molecular flexibility index (Phi) is 5.02. The van der Waals surface area contributed by atoms with Crippen LogP contribution in [0.4, 0.5) is 0 Å². The fourth-order valence-corrected chi connectivity index (χ4v) is 3.55. The summed E-state index contributed by atoms with van der Waals surface area (Å²) in [6.07, 6.45) is 6.29. The zero-order chi connectivity index (χ0) is 13.1. The van der Waals surface area contributed by atoms with E-state index in [1.54, 1.807) is 0 Å². The summed E-state index contributed by atoms with van der Waals surface area (Å²) < 4.78 is 23.1. The van der Waals surface area contributed by atoms with Gasteiger partial charge in [-0.2, -0.15) is 0 Å². The van der Waals surface area contributed by atoms with Crippen LogP contribution in [0.2, 0.25) is 0 Å². The molecule has 1 rings (SSSR count). The topological polar surface area (TPSA) is 46.2 Å². The molecule has 1 saturated carbocycles. The van der Waals surface area contributed by atoms with Gasteiger partial charge in [0.2, 0.25) is 0 Å². The lowest BCUT2D eigenvalue weighted by molar-refractivity contribution is 0.323. The molecule has 0 aromatic carbocycles. The third-order valence-electron chi connectivity index (χ3n) is 3.54. The van der Waals surface area contributed by atoms with Crippen LogP contribution in [0.15, 0.2) is 0 Å². The normalized spacial score (nSPS) is 27.1. The van der Waals surface area contributed by atoms with Crippen molar-refractivity contribution < 1.29 is 8.42 Å². The summed E-state index contributed by atoms with van der Waals surface area (Å²) in [6.45, 7) is 7.68. The van der Waals surface area contributed by atoms with Gasteiger partial charge in [0, 0.05) is 12.3 Å². The highest BCUT2D eigenvalue weighted by molar-refractivity contribution is 7.91. The Morgan fingerprint density at radius 1 is 1.24 bits per heavy atom. The molecule has 0 heterocycles. The molecule has 0 aromatic rings. The van der Waals surface area contributed by atoms with Crippen molar-refractivity contribution in [2.24, 2.45) is 5.41 Å². The molecule has 0 aromatic heterocycles. The van der Waals surface area contributed by atoms with Crippen LogP contribution in [-0.4, -0.2) is 32.5 Å². The van der Waals surface area contributed by atoms with Gasteiger partial charge in [0.15, 0.2) is 0 Å². The Morgan fingerprint density at radius 3 is 2.41 bits per heavy atom. The Morgan fingerprint density at radius 2 is 1.88 bits per heavy atom. The molecule has 0 saturated heterocycles. The number of sulfone groups is 1. The maximum absolute atomic E-state index is 11.5. The van der Waals surface area contributed by atoms with Gasteiger partial charge in [-0.1, -0.05) is 27.2 Å². The Bertz CT molecular complexity index is 330. The van der Waals surface area contributed by atoms with Crippen molar-refractivity contribution >= 4 is 9.84 Å². The van der Waals surface area contributed by atoms with Gasteiger partial charge in [-0.25, -0.2) is 8.42 Å². The molecule has 0 aliphatic heterocycles. The van der Waals surface area contributed by atoms with Gasteiger partial charge in [-0.05, 0) is 37.6 Å². The van der Waals surface area contributed by atoms with Gasteiger partial charge in [-0.15, -0.1) is 0 Å². The van der Waals surface area contributed by atoms with Gasteiger partial charge in [0.25, 0.3) is 0 Å². The summed E-state index contributed by atoms with van der Waals surface area (Å²) in [4.78, 5) is 0. The molecule has 102 valence electrons. The summed E-state index contributed by atoms with van der Waals surface area (Å²) >= 11 is 0. The molecule has 4 heteroatoms. The molecule has 2 unspecified atom stereocenters. The van der Waals surface area contributed by atoms with Crippen LogP contribution >= 0.6 is 0 Å². The summed E-state index contributed by atoms with van der Waals surface area (Å²) in [6, 6.07) is 0.394. The lowest BCUT2D eigenvalue weighted by Gasteiger charge is -2.29. The Hall–Kier alpha value is -0.0900. The minimum atomic E-state index is -2.85. The molecule has 2 atom stereocenters. The quantitative estimate of drug-likeness (QED) is 0.845. The van der Waals surface area contributed by atoms with Crippen LogP contribution in [0.3, 0.4) is 0 Å². The largest absolute Gasteiger partial charge is 0.314 e. The van der Waals surface area contributed by atoms with E-state index in [1.165, 1.54) is 6.26 Å². The number of nitrogens with one attached hydrogen (secondary N) is 1. The number of rotatable bonds is 4. The summed E-state index contributed by atoms with van der Waals surface area (Å²) in [7, 11) is -2.85. The predicted molar refractivity (Wildman–Crippen MR) is 73.0 cm³/mol. The Labute approximate surface area is 106 Å². The first-order valence-electron chi connectivity index (χ1n) is 6.61. The van der Waals surface area contributed by atoms with E-state index in [1.807, 2.05) is 0 Å². The smallest absolute Gasteiger partial charge is 0.150 e. The van der Waals surface area contributed by atoms with E-state index >= 15 is 0 Å².